The van der Waals surface area contributed by atoms with Crippen molar-refractivity contribution in [2.45, 2.75) is 72.4 Å². The second-order valence-electron chi connectivity index (χ2n) is 9.99. The molecular formula is C28H33N3O4. The lowest BCUT2D eigenvalue weighted by Crippen LogP contribution is -2.38. The number of fused-ring (bicyclic) bond motifs is 1. The molecule has 0 amide bonds. The third-order valence-corrected chi connectivity index (χ3v) is 6.20. The van der Waals surface area contributed by atoms with Gasteiger partial charge in [-0.05, 0) is 77.6 Å². The molecule has 4 aromatic rings. The molecule has 7 heteroatoms. The zero-order chi connectivity index (χ0) is 25.3. The van der Waals surface area contributed by atoms with Crippen molar-refractivity contribution >= 4 is 16.9 Å². The summed E-state index contributed by atoms with van der Waals surface area (Å²) in [7, 11) is 0. The van der Waals surface area contributed by atoms with Gasteiger partial charge in [0.25, 0.3) is 0 Å². The number of nitrogens with zero attached hydrogens (tertiary/aromatic N) is 3. The molecule has 0 unspecified atom stereocenters. The highest BCUT2D eigenvalue weighted by Gasteiger charge is 2.30. The van der Waals surface area contributed by atoms with Gasteiger partial charge < -0.3 is 14.4 Å². The van der Waals surface area contributed by atoms with Gasteiger partial charge in [0, 0.05) is 29.6 Å². The maximum Gasteiger partial charge on any atom is 0.347 e. The number of carboxylic acid groups (broad SMARTS) is 1. The van der Waals surface area contributed by atoms with Gasteiger partial charge >= 0.3 is 5.97 Å². The molecule has 35 heavy (non-hydrogen) atoms. The highest BCUT2D eigenvalue weighted by molar-refractivity contribution is 5.83. The van der Waals surface area contributed by atoms with Gasteiger partial charge in [-0.15, -0.1) is 0 Å². The molecule has 0 bridgehead atoms. The number of ether oxygens (including phenoxy) is 1. The van der Waals surface area contributed by atoms with Crippen LogP contribution in [0.3, 0.4) is 0 Å². The molecule has 0 fully saturated rings. The Morgan fingerprint density at radius 1 is 1.11 bits per heavy atom. The summed E-state index contributed by atoms with van der Waals surface area (Å²) in [5, 5.41) is 19.5. The van der Waals surface area contributed by atoms with E-state index in [4.69, 9.17) is 14.4 Å². The summed E-state index contributed by atoms with van der Waals surface area (Å²) in [6.45, 7) is 11.3. The number of carbonyl (C=O) groups is 1. The summed E-state index contributed by atoms with van der Waals surface area (Å²) >= 11 is 0. The molecule has 0 saturated carbocycles. The van der Waals surface area contributed by atoms with Crippen molar-refractivity contribution in [1.82, 2.24) is 14.9 Å². The first kappa shape index (κ1) is 24.5. The third kappa shape index (κ3) is 5.39. The van der Waals surface area contributed by atoms with E-state index in [0.29, 0.717) is 17.8 Å². The molecule has 184 valence electrons. The van der Waals surface area contributed by atoms with Crippen LogP contribution in [-0.2, 0) is 24.1 Å². The van der Waals surface area contributed by atoms with Crippen molar-refractivity contribution < 1.29 is 19.2 Å². The number of rotatable bonds is 9. The van der Waals surface area contributed by atoms with Gasteiger partial charge in [-0.2, -0.15) is 5.10 Å². The van der Waals surface area contributed by atoms with E-state index < -0.39 is 11.6 Å². The fraction of sp³-hybridized carbons (Fsp3) is 0.393. The Kier molecular flexibility index (Phi) is 6.70. The summed E-state index contributed by atoms with van der Waals surface area (Å²) in [6, 6.07) is 14.7. The van der Waals surface area contributed by atoms with Crippen LogP contribution in [0.4, 0.5) is 0 Å². The van der Waals surface area contributed by atoms with Crippen molar-refractivity contribution in [1.29, 1.82) is 0 Å². The van der Waals surface area contributed by atoms with E-state index in [1.54, 1.807) is 6.07 Å². The van der Waals surface area contributed by atoms with Gasteiger partial charge in [-0.25, -0.2) is 4.79 Å². The first-order valence-electron chi connectivity index (χ1n) is 12.0. The van der Waals surface area contributed by atoms with Crippen molar-refractivity contribution in [3.05, 3.63) is 76.2 Å². The van der Waals surface area contributed by atoms with Crippen LogP contribution in [0.2, 0.25) is 0 Å². The molecule has 4 rings (SSSR count). The lowest BCUT2D eigenvalue weighted by molar-refractivity contribution is -0.152. The van der Waals surface area contributed by atoms with Crippen molar-refractivity contribution in [3.8, 4) is 5.75 Å². The third-order valence-electron chi connectivity index (χ3n) is 6.20. The van der Waals surface area contributed by atoms with Crippen LogP contribution in [0.15, 0.2) is 47.0 Å². The number of hydrogen-bond donors (Lipinski definition) is 1. The molecule has 7 nitrogen and oxygen atoms in total. The number of aliphatic carboxylic acids is 1. The molecule has 0 saturated heterocycles. The molecule has 1 N–H and O–H groups in total. The lowest BCUT2D eigenvalue weighted by atomic mass is 10.1. The van der Waals surface area contributed by atoms with E-state index in [9.17, 15) is 9.90 Å². The zero-order valence-electron chi connectivity index (χ0n) is 21.3. The van der Waals surface area contributed by atoms with Crippen LogP contribution < -0.4 is 4.74 Å². The second kappa shape index (κ2) is 9.56. The molecule has 0 aliphatic heterocycles. The molecular weight excluding hydrogens is 442 g/mol. The van der Waals surface area contributed by atoms with Crippen LogP contribution >= 0.6 is 0 Å². The summed E-state index contributed by atoms with van der Waals surface area (Å²) in [4.78, 5) is 11.4. The van der Waals surface area contributed by atoms with Gasteiger partial charge in [0.15, 0.2) is 11.2 Å². The second-order valence-corrected chi connectivity index (χ2v) is 9.99. The largest absolute Gasteiger partial charge is 0.478 e. The fourth-order valence-electron chi connectivity index (χ4n) is 4.10. The van der Waals surface area contributed by atoms with Gasteiger partial charge in [-0.1, -0.05) is 35.0 Å². The minimum Gasteiger partial charge on any atom is -0.478 e. The molecule has 2 aromatic carbocycles. The lowest BCUT2D eigenvalue weighted by Gasteiger charge is -2.22. The number of benzene rings is 2. The molecule has 0 spiro atoms. The minimum atomic E-state index is -1.34. The van der Waals surface area contributed by atoms with Crippen LogP contribution in [0.1, 0.15) is 67.5 Å². The summed E-state index contributed by atoms with van der Waals surface area (Å²) in [5.41, 5.74) is 5.66. The molecule has 0 aliphatic carbocycles. The number of aromatic nitrogens is 3. The smallest absolute Gasteiger partial charge is 0.347 e. The minimum absolute atomic E-state index is 0.255. The van der Waals surface area contributed by atoms with E-state index in [1.807, 2.05) is 13.0 Å². The Morgan fingerprint density at radius 3 is 2.49 bits per heavy atom. The number of hydrogen-bond acceptors (Lipinski definition) is 5. The van der Waals surface area contributed by atoms with E-state index in [1.165, 1.54) is 25.0 Å². The van der Waals surface area contributed by atoms with Crippen LogP contribution in [0.25, 0.3) is 11.0 Å². The Hall–Kier alpha value is -3.61. The standard InChI is InChI=1S/C28H33N3O4/c1-17(2)31-22(15-21(29-31)14-20-9-7-18(3)8-10-20)11-12-24-23-13-19(4)25(16-26(23)35-30-24)34-28(5,6)27(32)33/h7-10,13,15-17H,11-12,14H2,1-6H3,(H,32,33). The fourth-order valence-corrected chi connectivity index (χ4v) is 4.10. The molecule has 0 atom stereocenters. The number of aryl methyl sites for hydroxylation is 4. The van der Waals surface area contributed by atoms with E-state index >= 15 is 0 Å². The summed E-state index contributed by atoms with van der Waals surface area (Å²) in [6.07, 6.45) is 2.29. The Morgan fingerprint density at radius 2 is 1.83 bits per heavy atom. The van der Waals surface area contributed by atoms with E-state index in [-0.39, 0.29) is 6.04 Å². The number of carboxylic acids is 1. The molecule has 0 aliphatic rings. The van der Waals surface area contributed by atoms with E-state index in [2.05, 4.69) is 60.9 Å². The normalized spacial score (nSPS) is 12.0. The van der Waals surface area contributed by atoms with Gasteiger partial charge in [-0.3, -0.25) is 4.68 Å². The Balaban J connectivity index is 1.54. The highest BCUT2D eigenvalue weighted by Crippen LogP contribution is 2.31. The quantitative estimate of drug-likeness (QED) is 0.327. The summed E-state index contributed by atoms with van der Waals surface area (Å²) < 4.78 is 13.4. The van der Waals surface area contributed by atoms with Crippen LogP contribution in [0.5, 0.6) is 5.75 Å². The first-order chi connectivity index (χ1) is 16.5. The van der Waals surface area contributed by atoms with Crippen LogP contribution in [0, 0.1) is 13.8 Å². The summed E-state index contributed by atoms with van der Waals surface area (Å²) in [5.74, 6) is -0.551. The predicted molar refractivity (Wildman–Crippen MR) is 135 cm³/mol. The SMILES string of the molecule is Cc1ccc(Cc2cc(CCc3noc4cc(OC(C)(C)C(=O)O)c(C)cc34)n(C(C)C)n2)cc1. The zero-order valence-corrected chi connectivity index (χ0v) is 21.3. The molecule has 2 aromatic heterocycles. The van der Waals surface area contributed by atoms with Gasteiger partial charge in [0.05, 0.1) is 11.4 Å². The molecule has 2 heterocycles. The predicted octanol–water partition coefficient (Wildman–Crippen LogP) is 5.84. The van der Waals surface area contributed by atoms with Gasteiger partial charge in [0.2, 0.25) is 0 Å². The topological polar surface area (TPSA) is 90.4 Å². The first-order valence-corrected chi connectivity index (χ1v) is 12.0. The van der Waals surface area contributed by atoms with Crippen molar-refractivity contribution in [3.63, 3.8) is 0 Å². The average molecular weight is 476 g/mol. The van der Waals surface area contributed by atoms with E-state index in [0.717, 1.165) is 40.9 Å². The van der Waals surface area contributed by atoms with Gasteiger partial charge in [0.1, 0.15) is 5.75 Å². The maximum atomic E-state index is 11.4. The Labute approximate surface area is 205 Å². The maximum absolute atomic E-state index is 11.4. The van der Waals surface area contributed by atoms with Crippen molar-refractivity contribution in [2.24, 2.45) is 0 Å². The Bertz CT molecular complexity index is 1350. The van der Waals surface area contributed by atoms with Crippen LogP contribution in [-0.4, -0.2) is 31.6 Å². The average Bonchev–Trinajstić information content (AvgIpc) is 3.37. The van der Waals surface area contributed by atoms with Crippen molar-refractivity contribution in [2.75, 3.05) is 0 Å². The molecule has 0 radical (unpaired) electrons. The monoisotopic (exact) mass is 475 g/mol. The highest BCUT2D eigenvalue weighted by atomic mass is 16.5.